The first-order valence-electron chi connectivity index (χ1n) is 18.3. The van der Waals surface area contributed by atoms with Gasteiger partial charge in [-0.2, -0.15) is 0 Å². The van der Waals surface area contributed by atoms with Gasteiger partial charge in [-0.1, -0.05) is 133 Å². The summed E-state index contributed by atoms with van der Waals surface area (Å²) in [7, 11) is 0. The molecule has 0 saturated heterocycles. The molecule has 11 aromatic rings. The maximum Gasteiger partial charge on any atom is 0.167 e. The number of hydrogen-bond donors (Lipinski definition) is 0. The number of anilines is 3. The summed E-state index contributed by atoms with van der Waals surface area (Å²) < 4.78 is 9.35. The van der Waals surface area contributed by atoms with Gasteiger partial charge in [-0.05, 0) is 59.3 Å². The summed E-state index contributed by atoms with van der Waals surface area (Å²) in [5, 5.41) is 6.78. The van der Waals surface area contributed by atoms with Crippen LogP contribution >= 0.6 is 11.3 Å². The van der Waals surface area contributed by atoms with Crippen molar-refractivity contribution in [3.8, 4) is 34.2 Å². The molecule has 0 amide bonds. The van der Waals surface area contributed by atoms with Crippen LogP contribution in [0.5, 0.6) is 0 Å². The third-order valence-corrected chi connectivity index (χ3v) is 11.5. The minimum Gasteiger partial charge on any atom is -0.455 e. The predicted molar refractivity (Wildman–Crippen MR) is 228 cm³/mol. The van der Waals surface area contributed by atoms with E-state index in [1.807, 2.05) is 72.0 Å². The van der Waals surface area contributed by atoms with Crippen molar-refractivity contribution in [1.82, 2.24) is 15.0 Å². The summed E-state index contributed by atoms with van der Waals surface area (Å²) in [6, 6.07) is 63.3. The van der Waals surface area contributed by atoms with E-state index in [2.05, 4.69) is 126 Å². The number of thiophene rings is 1. The second-order valence-electron chi connectivity index (χ2n) is 13.6. The molecule has 0 radical (unpaired) electrons. The zero-order valence-electron chi connectivity index (χ0n) is 29.4. The Bertz CT molecular complexity index is 3150. The van der Waals surface area contributed by atoms with Gasteiger partial charge in [0.1, 0.15) is 11.2 Å². The average Bonchev–Trinajstić information content (AvgIpc) is 3.82. The van der Waals surface area contributed by atoms with E-state index >= 15 is 0 Å². The van der Waals surface area contributed by atoms with Crippen molar-refractivity contribution in [1.29, 1.82) is 0 Å². The fraction of sp³-hybridized carbons (Fsp3) is 0. The Morgan fingerprint density at radius 3 is 1.76 bits per heavy atom. The number of furan rings is 1. The van der Waals surface area contributed by atoms with Gasteiger partial charge >= 0.3 is 0 Å². The van der Waals surface area contributed by atoms with Crippen LogP contribution < -0.4 is 4.90 Å². The molecule has 3 heterocycles. The number of benzene rings is 8. The summed E-state index contributed by atoms with van der Waals surface area (Å²) in [5.41, 5.74) is 7.26. The highest BCUT2D eigenvalue weighted by molar-refractivity contribution is 7.26. The zero-order chi connectivity index (χ0) is 36.3. The smallest absolute Gasteiger partial charge is 0.167 e. The van der Waals surface area contributed by atoms with E-state index in [1.165, 1.54) is 20.2 Å². The highest BCUT2D eigenvalue weighted by Gasteiger charge is 2.24. The monoisotopic (exact) mass is 722 g/mol. The van der Waals surface area contributed by atoms with E-state index in [9.17, 15) is 0 Å². The summed E-state index contributed by atoms with van der Waals surface area (Å²) in [6.45, 7) is 0. The fourth-order valence-corrected chi connectivity index (χ4v) is 8.89. The van der Waals surface area contributed by atoms with E-state index in [0.717, 1.165) is 66.5 Å². The highest BCUT2D eigenvalue weighted by atomic mass is 32.1. The van der Waals surface area contributed by atoms with Gasteiger partial charge in [-0.3, -0.25) is 0 Å². The van der Waals surface area contributed by atoms with Gasteiger partial charge in [-0.15, -0.1) is 11.3 Å². The molecule has 0 saturated carbocycles. The Hall–Kier alpha value is -7.15. The third kappa shape index (κ3) is 5.34. The number of hydrogen-bond acceptors (Lipinski definition) is 6. The Morgan fingerprint density at radius 2 is 1.04 bits per heavy atom. The lowest BCUT2D eigenvalue weighted by molar-refractivity contribution is 0.670. The molecule has 0 spiro atoms. The number of para-hydroxylation sites is 1. The molecular weight excluding hydrogens is 693 g/mol. The molecule has 8 aromatic carbocycles. The molecule has 0 atom stereocenters. The maximum absolute atomic E-state index is 6.88. The van der Waals surface area contributed by atoms with Crippen LogP contribution in [0, 0.1) is 0 Å². The number of fused-ring (bicyclic) bond motifs is 7. The van der Waals surface area contributed by atoms with Crippen molar-refractivity contribution in [2.75, 3.05) is 4.90 Å². The van der Waals surface area contributed by atoms with E-state index in [0.29, 0.717) is 17.5 Å². The molecule has 0 aliphatic carbocycles. The van der Waals surface area contributed by atoms with Crippen molar-refractivity contribution in [2.45, 2.75) is 0 Å². The molecule has 0 aliphatic rings. The first kappa shape index (κ1) is 31.4. The van der Waals surface area contributed by atoms with Crippen LogP contribution in [0.15, 0.2) is 186 Å². The summed E-state index contributed by atoms with van der Waals surface area (Å²) >= 11 is 1.82. The van der Waals surface area contributed by atoms with Gasteiger partial charge in [0.25, 0.3) is 0 Å². The highest BCUT2D eigenvalue weighted by Crippen LogP contribution is 2.47. The minimum absolute atomic E-state index is 0.538. The summed E-state index contributed by atoms with van der Waals surface area (Å²) in [5.74, 6) is 1.73. The molecule has 55 heavy (non-hydrogen) atoms. The molecule has 0 bridgehead atoms. The Balaban J connectivity index is 1.24. The largest absolute Gasteiger partial charge is 0.455 e. The molecule has 258 valence electrons. The van der Waals surface area contributed by atoms with Crippen LogP contribution in [-0.2, 0) is 0 Å². The number of nitrogens with zero attached hydrogens (tertiary/aromatic N) is 4. The van der Waals surface area contributed by atoms with Crippen LogP contribution in [0.3, 0.4) is 0 Å². The van der Waals surface area contributed by atoms with Crippen molar-refractivity contribution >= 4 is 81.3 Å². The number of aromatic nitrogens is 3. The van der Waals surface area contributed by atoms with Crippen molar-refractivity contribution in [3.05, 3.63) is 182 Å². The Morgan fingerprint density at radius 1 is 0.436 bits per heavy atom. The lowest BCUT2D eigenvalue weighted by Gasteiger charge is -2.26. The van der Waals surface area contributed by atoms with Crippen LogP contribution in [0.1, 0.15) is 0 Å². The topological polar surface area (TPSA) is 55.1 Å². The first-order chi connectivity index (χ1) is 27.2. The van der Waals surface area contributed by atoms with Gasteiger partial charge < -0.3 is 9.32 Å². The van der Waals surface area contributed by atoms with Gasteiger partial charge in [0.15, 0.2) is 17.5 Å². The fourth-order valence-electron chi connectivity index (χ4n) is 7.68. The predicted octanol–water partition coefficient (Wildman–Crippen LogP) is 13.8. The van der Waals surface area contributed by atoms with Gasteiger partial charge in [0, 0.05) is 48.7 Å². The molecule has 0 unspecified atom stereocenters. The van der Waals surface area contributed by atoms with Gasteiger partial charge in [0.2, 0.25) is 0 Å². The van der Waals surface area contributed by atoms with Crippen molar-refractivity contribution in [2.24, 2.45) is 0 Å². The van der Waals surface area contributed by atoms with E-state index in [1.54, 1.807) is 0 Å². The molecule has 0 aliphatic heterocycles. The van der Waals surface area contributed by atoms with Gasteiger partial charge in [-0.25, -0.2) is 15.0 Å². The van der Waals surface area contributed by atoms with Crippen LogP contribution in [0.25, 0.3) is 87.0 Å². The second-order valence-corrected chi connectivity index (χ2v) is 14.7. The molecule has 11 rings (SSSR count). The Labute approximate surface area is 320 Å². The molecule has 6 heteroatoms. The van der Waals surface area contributed by atoms with E-state index in [4.69, 9.17) is 19.4 Å². The van der Waals surface area contributed by atoms with Crippen molar-refractivity contribution in [3.63, 3.8) is 0 Å². The third-order valence-electron chi connectivity index (χ3n) is 10.3. The molecular formula is C49H30N4OS. The van der Waals surface area contributed by atoms with E-state index < -0.39 is 0 Å². The molecule has 0 fully saturated rings. The van der Waals surface area contributed by atoms with E-state index in [-0.39, 0.29) is 0 Å². The first-order valence-corrected chi connectivity index (χ1v) is 19.1. The van der Waals surface area contributed by atoms with Crippen LogP contribution in [-0.4, -0.2) is 15.0 Å². The standard InChI is InChI=1S/C49H30N4OS/c1-4-15-31(16-5-1)47-50-48(32-17-6-2-7-18-32)52-49(51-47)41-30-36(29-40-39-27-33-19-10-11-20-34(33)28-43(39)54-45(40)41)53(35-21-8-3-9-22-35)42-25-14-24-38-37-23-12-13-26-44(37)55-46(38)42/h1-30H. The number of rotatable bonds is 6. The molecule has 0 N–H and O–H groups in total. The lowest BCUT2D eigenvalue weighted by Crippen LogP contribution is -2.10. The van der Waals surface area contributed by atoms with Gasteiger partial charge in [0.05, 0.1) is 16.0 Å². The second kappa shape index (κ2) is 12.8. The summed E-state index contributed by atoms with van der Waals surface area (Å²) in [6.07, 6.45) is 0. The summed E-state index contributed by atoms with van der Waals surface area (Å²) in [4.78, 5) is 17.8. The van der Waals surface area contributed by atoms with Crippen molar-refractivity contribution < 1.29 is 4.42 Å². The SMILES string of the molecule is c1ccc(-c2nc(-c3ccccc3)nc(-c3cc(N(c4ccccc4)c4cccc5c4sc4ccccc45)cc4c3oc3cc5ccccc5cc34)n2)cc1. The lowest BCUT2D eigenvalue weighted by atomic mass is 10.0. The Kier molecular flexibility index (Phi) is 7.28. The molecule has 3 aromatic heterocycles. The normalized spacial score (nSPS) is 11.6. The average molecular weight is 723 g/mol. The van der Waals surface area contributed by atoms with Crippen LogP contribution in [0.4, 0.5) is 17.1 Å². The molecule has 5 nitrogen and oxygen atoms in total. The maximum atomic E-state index is 6.88. The van der Waals surface area contributed by atoms with Crippen LogP contribution in [0.2, 0.25) is 0 Å². The zero-order valence-corrected chi connectivity index (χ0v) is 30.2. The minimum atomic E-state index is 0.538. The quantitative estimate of drug-likeness (QED) is 0.171.